The lowest BCUT2D eigenvalue weighted by atomic mass is 9.72. The molecule has 3 fully saturated rings. The summed E-state index contributed by atoms with van der Waals surface area (Å²) in [6.07, 6.45) is 10.2. The van der Waals surface area contributed by atoms with Gasteiger partial charge in [-0.25, -0.2) is 0 Å². The molecule has 2 heterocycles. The summed E-state index contributed by atoms with van der Waals surface area (Å²) >= 11 is 0. The largest absolute Gasteiger partial charge is 0.381 e. The van der Waals surface area contributed by atoms with Gasteiger partial charge in [-0.05, 0) is 70.4 Å². The summed E-state index contributed by atoms with van der Waals surface area (Å²) < 4.78 is 5.72. The Kier molecular flexibility index (Phi) is 8.36. The molecule has 0 aromatic rings. The van der Waals surface area contributed by atoms with Gasteiger partial charge in [-0.2, -0.15) is 0 Å². The molecule has 0 radical (unpaired) electrons. The lowest BCUT2D eigenvalue weighted by Gasteiger charge is -2.46. The van der Waals surface area contributed by atoms with Crippen molar-refractivity contribution in [2.45, 2.75) is 90.1 Å². The first-order valence-electron chi connectivity index (χ1n) is 11.9. The van der Waals surface area contributed by atoms with Gasteiger partial charge in [0.05, 0.1) is 5.41 Å². The lowest BCUT2D eigenvalue weighted by molar-refractivity contribution is -0.139. The Labute approximate surface area is 176 Å². The highest BCUT2D eigenvalue weighted by molar-refractivity contribution is 5.90. The van der Waals surface area contributed by atoms with Gasteiger partial charge in [-0.3, -0.25) is 9.59 Å². The number of nitrogens with zero attached hydrogens (tertiary/aromatic N) is 1. The minimum Gasteiger partial charge on any atom is -0.381 e. The van der Waals surface area contributed by atoms with Crippen LogP contribution < -0.4 is 10.6 Å². The molecular formula is C23H41N3O3. The average Bonchev–Trinajstić information content (AvgIpc) is 2.65. The van der Waals surface area contributed by atoms with Crippen LogP contribution in [-0.2, 0) is 14.3 Å². The normalized spacial score (nSPS) is 28.4. The second kappa shape index (κ2) is 10.8. The number of ether oxygens (including phenoxy) is 1. The number of carbonyl (C=O) groups excluding carboxylic acids is 2. The van der Waals surface area contributed by atoms with Gasteiger partial charge in [0, 0.05) is 25.8 Å². The van der Waals surface area contributed by atoms with E-state index < -0.39 is 6.04 Å². The van der Waals surface area contributed by atoms with Gasteiger partial charge in [0.2, 0.25) is 11.8 Å². The van der Waals surface area contributed by atoms with Crippen LogP contribution in [0.3, 0.4) is 0 Å². The van der Waals surface area contributed by atoms with Gasteiger partial charge in [0.1, 0.15) is 6.04 Å². The maximum atomic E-state index is 13.5. The molecule has 2 saturated heterocycles. The van der Waals surface area contributed by atoms with Crippen molar-refractivity contribution >= 4 is 11.8 Å². The zero-order valence-corrected chi connectivity index (χ0v) is 18.5. The van der Waals surface area contributed by atoms with E-state index in [1.165, 1.54) is 19.3 Å². The fourth-order valence-electron chi connectivity index (χ4n) is 4.95. The Morgan fingerprint density at radius 3 is 2.41 bits per heavy atom. The number of carbonyl (C=O) groups is 2. The smallest absolute Gasteiger partial charge is 0.242 e. The molecule has 0 bridgehead atoms. The molecule has 2 amide bonds. The fraction of sp³-hybridized carbons (Fsp3) is 0.913. The van der Waals surface area contributed by atoms with E-state index in [4.69, 9.17) is 4.74 Å². The molecule has 3 rings (SSSR count). The van der Waals surface area contributed by atoms with Gasteiger partial charge in [-0.15, -0.1) is 0 Å². The predicted molar refractivity (Wildman–Crippen MR) is 115 cm³/mol. The molecule has 1 atom stereocenters. The molecule has 0 unspecified atom stereocenters. The van der Waals surface area contributed by atoms with Crippen LogP contribution in [0.5, 0.6) is 0 Å². The zero-order chi connectivity index (χ0) is 20.7. The van der Waals surface area contributed by atoms with Gasteiger partial charge in [-0.1, -0.05) is 26.7 Å². The van der Waals surface area contributed by atoms with E-state index in [2.05, 4.69) is 29.4 Å². The van der Waals surface area contributed by atoms with Crippen molar-refractivity contribution < 1.29 is 14.3 Å². The second-order valence-electron chi connectivity index (χ2n) is 9.77. The Bertz CT molecular complexity index is 539. The summed E-state index contributed by atoms with van der Waals surface area (Å²) in [7, 11) is 0. The quantitative estimate of drug-likeness (QED) is 0.755. The third-order valence-corrected chi connectivity index (χ3v) is 7.12. The molecule has 1 saturated carbocycles. The van der Waals surface area contributed by atoms with Gasteiger partial charge in [0.25, 0.3) is 0 Å². The maximum absolute atomic E-state index is 13.5. The summed E-state index contributed by atoms with van der Waals surface area (Å²) in [6.45, 7) is 8.26. The third kappa shape index (κ3) is 6.17. The molecule has 1 aliphatic carbocycles. The van der Waals surface area contributed by atoms with Crippen molar-refractivity contribution in [2.24, 2.45) is 11.3 Å². The molecule has 3 aliphatic rings. The van der Waals surface area contributed by atoms with E-state index in [1.807, 2.05) is 0 Å². The average molecular weight is 408 g/mol. The standard InChI is InChI=1S/C23H41N3O3/c1-18(2)17-20-21(27)24-12-6-16-29-15-4-3-9-23(22(28)25-20)10-13-26(14-11-23)19-7-5-8-19/h18-20H,3-17H2,1-2H3,(H,24,27)(H,25,28)/t20-/m0/s1. The molecule has 0 aromatic heterocycles. The van der Waals surface area contributed by atoms with Gasteiger partial charge in [0.15, 0.2) is 0 Å². The summed E-state index contributed by atoms with van der Waals surface area (Å²) in [5.41, 5.74) is -0.333. The lowest BCUT2D eigenvalue weighted by Crippen LogP contribution is -2.56. The summed E-state index contributed by atoms with van der Waals surface area (Å²) in [6, 6.07) is 0.301. The van der Waals surface area contributed by atoms with Crippen LogP contribution in [0, 0.1) is 11.3 Å². The van der Waals surface area contributed by atoms with Crippen molar-refractivity contribution in [3.8, 4) is 0 Å². The van der Waals surface area contributed by atoms with E-state index in [0.717, 1.165) is 64.3 Å². The number of amides is 2. The van der Waals surface area contributed by atoms with Gasteiger partial charge < -0.3 is 20.3 Å². The van der Waals surface area contributed by atoms with Crippen molar-refractivity contribution in [1.29, 1.82) is 0 Å². The number of piperidine rings is 1. The van der Waals surface area contributed by atoms with Crippen molar-refractivity contribution in [2.75, 3.05) is 32.8 Å². The molecule has 6 nitrogen and oxygen atoms in total. The van der Waals surface area contributed by atoms with Crippen LogP contribution in [0.4, 0.5) is 0 Å². The summed E-state index contributed by atoms with van der Waals surface area (Å²) in [5, 5.41) is 6.18. The Balaban J connectivity index is 1.70. The Hall–Kier alpha value is -1.14. The van der Waals surface area contributed by atoms with E-state index in [9.17, 15) is 9.59 Å². The topological polar surface area (TPSA) is 70.7 Å². The number of rotatable bonds is 3. The van der Waals surface area contributed by atoms with Crippen LogP contribution in [0.15, 0.2) is 0 Å². The first kappa shape index (κ1) is 22.5. The van der Waals surface area contributed by atoms with Crippen LogP contribution in [0.1, 0.15) is 78.1 Å². The van der Waals surface area contributed by atoms with Crippen molar-refractivity contribution in [1.82, 2.24) is 15.5 Å². The summed E-state index contributed by atoms with van der Waals surface area (Å²) in [5.74, 6) is 0.403. The second-order valence-corrected chi connectivity index (χ2v) is 9.77. The Morgan fingerprint density at radius 2 is 1.76 bits per heavy atom. The number of nitrogens with one attached hydrogen (secondary N) is 2. The van der Waals surface area contributed by atoms with E-state index in [0.29, 0.717) is 25.5 Å². The number of likely N-dealkylation sites (tertiary alicyclic amines) is 1. The molecule has 1 spiro atoms. The van der Waals surface area contributed by atoms with E-state index in [1.54, 1.807) is 0 Å². The van der Waals surface area contributed by atoms with Crippen LogP contribution >= 0.6 is 0 Å². The minimum absolute atomic E-state index is 0.0498. The highest BCUT2D eigenvalue weighted by atomic mass is 16.5. The first-order chi connectivity index (χ1) is 14.0. The highest BCUT2D eigenvalue weighted by Gasteiger charge is 2.43. The van der Waals surface area contributed by atoms with Gasteiger partial charge >= 0.3 is 0 Å². The van der Waals surface area contributed by atoms with E-state index >= 15 is 0 Å². The van der Waals surface area contributed by atoms with Crippen molar-refractivity contribution in [3.63, 3.8) is 0 Å². The zero-order valence-electron chi connectivity index (χ0n) is 18.5. The molecule has 29 heavy (non-hydrogen) atoms. The molecule has 6 heteroatoms. The SMILES string of the molecule is CC(C)C[C@@H]1NC(=O)C2(CCCCOCCCNC1=O)CCN(C1CCC1)CC2. The van der Waals surface area contributed by atoms with Crippen molar-refractivity contribution in [3.05, 3.63) is 0 Å². The molecular weight excluding hydrogens is 366 g/mol. The predicted octanol–water partition coefficient (Wildman–Crippen LogP) is 2.86. The molecule has 166 valence electrons. The molecule has 2 aliphatic heterocycles. The first-order valence-corrected chi connectivity index (χ1v) is 11.9. The Morgan fingerprint density at radius 1 is 1.03 bits per heavy atom. The third-order valence-electron chi connectivity index (χ3n) is 7.12. The highest BCUT2D eigenvalue weighted by Crippen LogP contribution is 2.39. The minimum atomic E-state index is -0.437. The number of hydrogen-bond donors (Lipinski definition) is 2. The monoisotopic (exact) mass is 407 g/mol. The van der Waals surface area contributed by atoms with Crippen LogP contribution in [0.25, 0.3) is 0 Å². The van der Waals surface area contributed by atoms with E-state index in [-0.39, 0.29) is 17.2 Å². The molecule has 0 aromatic carbocycles. The fourth-order valence-corrected chi connectivity index (χ4v) is 4.95. The summed E-state index contributed by atoms with van der Waals surface area (Å²) in [4.78, 5) is 28.9. The number of hydrogen-bond acceptors (Lipinski definition) is 4. The maximum Gasteiger partial charge on any atom is 0.242 e. The van der Waals surface area contributed by atoms with Crippen LogP contribution in [0.2, 0.25) is 0 Å². The van der Waals surface area contributed by atoms with Crippen LogP contribution in [-0.4, -0.2) is 61.6 Å². The molecule has 2 N–H and O–H groups in total.